The summed E-state index contributed by atoms with van der Waals surface area (Å²) in [5, 5.41) is 0. The minimum absolute atomic E-state index is 0.616. The maximum atomic E-state index is 5.76. The summed E-state index contributed by atoms with van der Waals surface area (Å²) in [5.41, 5.74) is 3.42. The standard InChI is InChI=1S/C21H17NO3S2/c1-23-14-11-13-21(20(25-3)19(14)24-2)27-17-10-6-9-16-18(17)22(13)12-7-4-5-8-15(12)26-16/h4-11H,1-3H3. The smallest absolute Gasteiger partial charge is 0.204 e. The first-order valence-electron chi connectivity index (χ1n) is 8.47. The Kier molecular flexibility index (Phi) is 3.91. The van der Waals surface area contributed by atoms with Gasteiger partial charge in [0.2, 0.25) is 5.75 Å². The van der Waals surface area contributed by atoms with E-state index in [4.69, 9.17) is 14.2 Å². The zero-order valence-electron chi connectivity index (χ0n) is 15.1. The van der Waals surface area contributed by atoms with Gasteiger partial charge in [0.05, 0.1) is 43.3 Å². The largest absolute Gasteiger partial charge is 0.493 e. The molecule has 0 saturated carbocycles. The predicted octanol–water partition coefficient (Wildman–Crippen LogP) is 6.11. The molecule has 136 valence electrons. The van der Waals surface area contributed by atoms with E-state index in [9.17, 15) is 0 Å². The molecule has 2 aliphatic heterocycles. The lowest BCUT2D eigenvalue weighted by Crippen LogP contribution is -2.19. The Hall–Kier alpha value is -2.44. The normalized spacial score (nSPS) is 13.4. The highest BCUT2D eigenvalue weighted by atomic mass is 32.2. The molecule has 6 heteroatoms. The van der Waals surface area contributed by atoms with Crippen LogP contribution in [0.3, 0.4) is 0 Å². The number of methoxy groups -OCH3 is 3. The van der Waals surface area contributed by atoms with Crippen LogP contribution in [0.25, 0.3) is 0 Å². The molecule has 0 saturated heterocycles. The van der Waals surface area contributed by atoms with E-state index >= 15 is 0 Å². The fourth-order valence-corrected chi connectivity index (χ4v) is 5.94. The molecule has 0 radical (unpaired) electrons. The van der Waals surface area contributed by atoms with Gasteiger partial charge in [-0.2, -0.15) is 0 Å². The van der Waals surface area contributed by atoms with Crippen molar-refractivity contribution >= 4 is 40.6 Å². The van der Waals surface area contributed by atoms with Gasteiger partial charge in [0, 0.05) is 20.8 Å². The number of rotatable bonds is 3. The van der Waals surface area contributed by atoms with Gasteiger partial charge in [-0.1, -0.05) is 41.7 Å². The molecule has 0 unspecified atom stereocenters. The Morgan fingerprint density at radius 3 is 2.15 bits per heavy atom. The summed E-state index contributed by atoms with van der Waals surface area (Å²) in [6.07, 6.45) is 0. The van der Waals surface area contributed by atoms with Crippen molar-refractivity contribution < 1.29 is 14.2 Å². The summed E-state index contributed by atoms with van der Waals surface area (Å²) in [7, 11) is 4.96. The van der Waals surface area contributed by atoms with E-state index < -0.39 is 0 Å². The van der Waals surface area contributed by atoms with E-state index in [0.717, 1.165) is 10.6 Å². The van der Waals surface area contributed by atoms with Crippen LogP contribution in [0.15, 0.2) is 68.1 Å². The van der Waals surface area contributed by atoms with Gasteiger partial charge >= 0.3 is 0 Å². The SMILES string of the molecule is COc1cc2c(c(OC)c1OC)Sc1cccc3c1N2c1ccccc1S3. The summed E-state index contributed by atoms with van der Waals surface area (Å²) >= 11 is 3.52. The summed E-state index contributed by atoms with van der Waals surface area (Å²) in [4.78, 5) is 7.02. The molecule has 2 aliphatic rings. The van der Waals surface area contributed by atoms with E-state index in [2.05, 4.69) is 47.4 Å². The lowest BCUT2D eigenvalue weighted by molar-refractivity contribution is 0.319. The molecule has 5 rings (SSSR count). The van der Waals surface area contributed by atoms with Crippen molar-refractivity contribution in [3.05, 3.63) is 48.5 Å². The molecule has 0 amide bonds. The fraction of sp³-hybridized carbons (Fsp3) is 0.143. The van der Waals surface area contributed by atoms with Crippen LogP contribution in [-0.4, -0.2) is 21.3 Å². The second-order valence-corrected chi connectivity index (χ2v) is 8.24. The fourth-order valence-electron chi connectivity index (χ4n) is 3.60. The predicted molar refractivity (Wildman–Crippen MR) is 109 cm³/mol. The van der Waals surface area contributed by atoms with Crippen molar-refractivity contribution in [3.63, 3.8) is 0 Å². The summed E-state index contributed by atoms with van der Waals surface area (Å²) in [5.74, 6) is 1.97. The van der Waals surface area contributed by atoms with Crippen molar-refractivity contribution in [3.8, 4) is 17.2 Å². The van der Waals surface area contributed by atoms with Crippen LogP contribution in [0.4, 0.5) is 17.1 Å². The average Bonchev–Trinajstić information content (AvgIpc) is 2.72. The second kappa shape index (κ2) is 6.32. The highest BCUT2D eigenvalue weighted by Crippen LogP contribution is 2.63. The number of fused-ring (bicyclic) bond motifs is 4. The van der Waals surface area contributed by atoms with E-state index in [-0.39, 0.29) is 0 Å². The van der Waals surface area contributed by atoms with Crippen molar-refractivity contribution in [2.24, 2.45) is 0 Å². The highest BCUT2D eigenvalue weighted by molar-refractivity contribution is 8.00. The monoisotopic (exact) mass is 395 g/mol. The molecular weight excluding hydrogens is 378 g/mol. The molecule has 0 fully saturated rings. The number of ether oxygens (including phenoxy) is 3. The third-order valence-electron chi connectivity index (χ3n) is 4.73. The molecule has 4 nitrogen and oxygen atoms in total. The highest BCUT2D eigenvalue weighted by Gasteiger charge is 2.36. The van der Waals surface area contributed by atoms with Gasteiger partial charge in [0.15, 0.2) is 11.5 Å². The Morgan fingerprint density at radius 1 is 0.704 bits per heavy atom. The molecule has 3 aromatic rings. The van der Waals surface area contributed by atoms with Crippen molar-refractivity contribution in [2.45, 2.75) is 19.6 Å². The van der Waals surface area contributed by atoms with Crippen molar-refractivity contribution in [1.82, 2.24) is 0 Å². The zero-order valence-corrected chi connectivity index (χ0v) is 16.7. The van der Waals surface area contributed by atoms with E-state index in [1.807, 2.05) is 17.8 Å². The lowest BCUT2D eigenvalue weighted by atomic mass is 10.1. The van der Waals surface area contributed by atoms with Crippen LogP contribution in [0.5, 0.6) is 17.2 Å². The molecular formula is C21H17NO3S2. The van der Waals surface area contributed by atoms with E-state index in [1.165, 1.54) is 26.1 Å². The average molecular weight is 396 g/mol. The Morgan fingerprint density at radius 2 is 1.41 bits per heavy atom. The van der Waals surface area contributed by atoms with Crippen LogP contribution < -0.4 is 19.1 Å². The molecule has 0 spiro atoms. The maximum Gasteiger partial charge on any atom is 0.204 e. The quantitative estimate of drug-likeness (QED) is 0.366. The topological polar surface area (TPSA) is 30.9 Å². The zero-order chi connectivity index (χ0) is 18.5. The number of hydrogen-bond acceptors (Lipinski definition) is 6. The Balaban J connectivity index is 1.86. The Labute approximate surface area is 166 Å². The van der Waals surface area contributed by atoms with Gasteiger partial charge in [-0.25, -0.2) is 0 Å². The third-order valence-corrected chi connectivity index (χ3v) is 6.99. The van der Waals surface area contributed by atoms with Crippen LogP contribution in [0.1, 0.15) is 0 Å². The molecule has 27 heavy (non-hydrogen) atoms. The molecule has 0 bridgehead atoms. The minimum atomic E-state index is 0.616. The number of anilines is 3. The van der Waals surface area contributed by atoms with Gasteiger partial charge < -0.3 is 19.1 Å². The van der Waals surface area contributed by atoms with Gasteiger partial charge in [-0.05, 0) is 24.3 Å². The molecule has 3 aromatic carbocycles. The van der Waals surface area contributed by atoms with Gasteiger partial charge in [0.25, 0.3) is 0 Å². The van der Waals surface area contributed by atoms with Gasteiger partial charge in [0.1, 0.15) is 0 Å². The van der Waals surface area contributed by atoms with Crippen molar-refractivity contribution in [1.29, 1.82) is 0 Å². The van der Waals surface area contributed by atoms with E-state index in [0.29, 0.717) is 17.2 Å². The van der Waals surface area contributed by atoms with Crippen LogP contribution in [0, 0.1) is 0 Å². The van der Waals surface area contributed by atoms with Crippen LogP contribution in [-0.2, 0) is 0 Å². The lowest BCUT2D eigenvalue weighted by Gasteiger charge is -2.39. The second-order valence-electron chi connectivity index (χ2n) is 6.10. The molecule has 0 aliphatic carbocycles. The minimum Gasteiger partial charge on any atom is -0.493 e. The molecule has 0 aromatic heterocycles. The number of para-hydroxylation sites is 2. The van der Waals surface area contributed by atoms with Crippen molar-refractivity contribution in [2.75, 3.05) is 26.2 Å². The summed E-state index contributed by atoms with van der Waals surface area (Å²) < 4.78 is 17.0. The third kappa shape index (κ3) is 2.33. The number of benzene rings is 3. The summed E-state index contributed by atoms with van der Waals surface area (Å²) in [6, 6.07) is 17.0. The van der Waals surface area contributed by atoms with Gasteiger partial charge in [-0.3, -0.25) is 0 Å². The number of hydrogen-bond donors (Lipinski definition) is 0. The van der Waals surface area contributed by atoms with Crippen LogP contribution in [0.2, 0.25) is 0 Å². The molecule has 0 N–H and O–H groups in total. The first-order chi connectivity index (χ1) is 13.3. The van der Waals surface area contributed by atoms with Crippen LogP contribution >= 0.6 is 23.5 Å². The molecule has 0 atom stereocenters. The maximum absolute atomic E-state index is 5.76. The first-order valence-corrected chi connectivity index (χ1v) is 10.1. The molecule has 2 heterocycles. The van der Waals surface area contributed by atoms with E-state index in [1.54, 1.807) is 33.1 Å². The first kappa shape index (κ1) is 16.7. The summed E-state index contributed by atoms with van der Waals surface area (Å²) in [6.45, 7) is 0. The Bertz CT molecular complexity index is 1070. The number of nitrogens with zero attached hydrogens (tertiary/aromatic N) is 1. The van der Waals surface area contributed by atoms with Gasteiger partial charge in [-0.15, -0.1) is 0 Å².